The van der Waals surface area contributed by atoms with Crippen LogP contribution in [0.1, 0.15) is 48.5 Å². The standard InChI is InChI=1S/C30H31N3O4/c1-30-19-18-28(35)33(30)26-12-7-6-11-25(26)29(36)32(30)20-8-13-27(34)31(21-22-9-4-3-5-10-22)23-14-16-24(37-2)17-15-23/h3-7,9-12,14-17H,8,13,18-21H2,1-2H3. The van der Waals surface area contributed by atoms with Crippen LogP contribution >= 0.6 is 0 Å². The Bertz CT molecular complexity index is 1310. The maximum absolute atomic E-state index is 13.5. The maximum Gasteiger partial charge on any atom is 0.257 e. The Morgan fingerprint density at radius 1 is 0.973 bits per heavy atom. The zero-order valence-corrected chi connectivity index (χ0v) is 21.2. The topological polar surface area (TPSA) is 70.2 Å². The second-order valence-corrected chi connectivity index (χ2v) is 9.69. The second kappa shape index (κ2) is 10.1. The zero-order chi connectivity index (χ0) is 26.0. The number of ether oxygens (including phenoxy) is 1. The first-order chi connectivity index (χ1) is 17.9. The normalized spacial score (nSPS) is 18.4. The molecule has 5 rings (SSSR count). The first kappa shape index (κ1) is 24.6. The lowest BCUT2D eigenvalue weighted by Gasteiger charge is -2.48. The summed E-state index contributed by atoms with van der Waals surface area (Å²) in [5.74, 6) is 0.636. The molecule has 1 saturated heterocycles. The highest BCUT2D eigenvalue weighted by molar-refractivity contribution is 6.10. The number of carbonyl (C=O) groups excluding carboxylic acids is 3. The molecule has 2 heterocycles. The molecule has 3 aromatic rings. The molecule has 0 bridgehead atoms. The van der Waals surface area contributed by atoms with Gasteiger partial charge in [0, 0.05) is 25.1 Å². The number of methoxy groups -OCH3 is 1. The molecule has 190 valence electrons. The summed E-state index contributed by atoms with van der Waals surface area (Å²) < 4.78 is 5.28. The van der Waals surface area contributed by atoms with E-state index < -0.39 is 5.66 Å². The first-order valence-corrected chi connectivity index (χ1v) is 12.6. The number of anilines is 2. The predicted octanol–water partition coefficient (Wildman–Crippen LogP) is 5.01. The fourth-order valence-electron chi connectivity index (χ4n) is 5.42. The molecular weight excluding hydrogens is 466 g/mol. The van der Waals surface area contributed by atoms with E-state index in [1.807, 2.05) is 79.7 Å². The highest BCUT2D eigenvalue weighted by Crippen LogP contribution is 2.44. The maximum atomic E-state index is 13.5. The number of para-hydroxylation sites is 1. The van der Waals surface area contributed by atoms with E-state index >= 15 is 0 Å². The zero-order valence-electron chi connectivity index (χ0n) is 21.2. The summed E-state index contributed by atoms with van der Waals surface area (Å²) >= 11 is 0. The van der Waals surface area contributed by atoms with Gasteiger partial charge >= 0.3 is 0 Å². The minimum absolute atomic E-state index is 0.0246. The van der Waals surface area contributed by atoms with Crippen molar-refractivity contribution < 1.29 is 19.1 Å². The molecule has 1 unspecified atom stereocenters. The number of rotatable bonds is 8. The van der Waals surface area contributed by atoms with Crippen LogP contribution in [0.2, 0.25) is 0 Å². The monoisotopic (exact) mass is 497 g/mol. The van der Waals surface area contributed by atoms with Crippen LogP contribution in [0.4, 0.5) is 11.4 Å². The third-order valence-corrected chi connectivity index (χ3v) is 7.39. The predicted molar refractivity (Wildman–Crippen MR) is 142 cm³/mol. The fraction of sp³-hybridized carbons (Fsp3) is 0.300. The molecule has 37 heavy (non-hydrogen) atoms. The van der Waals surface area contributed by atoms with E-state index in [-0.39, 0.29) is 24.1 Å². The van der Waals surface area contributed by atoms with Crippen molar-refractivity contribution in [3.63, 3.8) is 0 Å². The third kappa shape index (κ3) is 4.57. The van der Waals surface area contributed by atoms with Gasteiger partial charge in [-0.05, 0) is 61.7 Å². The van der Waals surface area contributed by atoms with Gasteiger partial charge in [0.2, 0.25) is 11.8 Å². The minimum atomic E-state index is -0.717. The van der Waals surface area contributed by atoms with Crippen LogP contribution in [0.25, 0.3) is 0 Å². The van der Waals surface area contributed by atoms with Gasteiger partial charge < -0.3 is 14.5 Å². The van der Waals surface area contributed by atoms with E-state index in [9.17, 15) is 14.4 Å². The molecular formula is C30H31N3O4. The van der Waals surface area contributed by atoms with Crippen LogP contribution in [0.5, 0.6) is 5.75 Å². The number of amides is 3. The van der Waals surface area contributed by atoms with Crippen molar-refractivity contribution in [1.82, 2.24) is 4.90 Å². The smallest absolute Gasteiger partial charge is 0.257 e. The van der Waals surface area contributed by atoms with Crippen molar-refractivity contribution >= 4 is 29.1 Å². The van der Waals surface area contributed by atoms with Crippen LogP contribution in [0, 0.1) is 0 Å². The summed E-state index contributed by atoms with van der Waals surface area (Å²) in [6.07, 6.45) is 1.74. The number of benzene rings is 3. The van der Waals surface area contributed by atoms with Crippen molar-refractivity contribution in [3.8, 4) is 5.75 Å². The van der Waals surface area contributed by atoms with Gasteiger partial charge in [0.15, 0.2) is 0 Å². The van der Waals surface area contributed by atoms with Gasteiger partial charge in [-0.1, -0.05) is 42.5 Å². The van der Waals surface area contributed by atoms with E-state index in [1.165, 1.54) is 0 Å². The Hall–Kier alpha value is -4.13. The summed E-state index contributed by atoms with van der Waals surface area (Å²) in [4.78, 5) is 45.1. The van der Waals surface area contributed by atoms with E-state index in [0.29, 0.717) is 43.6 Å². The van der Waals surface area contributed by atoms with Crippen LogP contribution in [-0.4, -0.2) is 41.9 Å². The molecule has 1 fully saturated rings. The molecule has 0 N–H and O–H groups in total. The summed E-state index contributed by atoms with van der Waals surface area (Å²) in [5, 5.41) is 0. The highest BCUT2D eigenvalue weighted by Gasteiger charge is 2.52. The quantitative estimate of drug-likeness (QED) is 0.439. The highest BCUT2D eigenvalue weighted by atomic mass is 16.5. The van der Waals surface area contributed by atoms with Crippen LogP contribution in [0.3, 0.4) is 0 Å². The van der Waals surface area contributed by atoms with Gasteiger partial charge in [0.25, 0.3) is 5.91 Å². The molecule has 2 aliphatic rings. The van der Waals surface area contributed by atoms with Gasteiger partial charge in [-0.25, -0.2) is 0 Å². The van der Waals surface area contributed by atoms with Crippen molar-refractivity contribution in [2.45, 2.75) is 44.8 Å². The van der Waals surface area contributed by atoms with Gasteiger partial charge in [-0.2, -0.15) is 0 Å². The average molecular weight is 498 g/mol. The summed E-state index contributed by atoms with van der Waals surface area (Å²) in [6, 6.07) is 24.6. The Morgan fingerprint density at radius 3 is 2.41 bits per heavy atom. The lowest BCUT2D eigenvalue weighted by atomic mass is 9.98. The van der Waals surface area contributed by atoms with Gasteiger partial charge in [0.05, 0.1) is 24.9 Å². The third-order valence-electron chi connectivity index (χ3n) is 7.39. The van der Waals surface area contributed by atoms with Crippen molar-refractivity contribution in [3.05, 3.63) is 90.0 Å². The van der Waals surface area contributed by atoms with E-state index in [1.54, 1.807) is 27.9 Å². The Kier molecular flexibility index (Phi) is 6.70. The Balaban J connectivity index is 1.33. The number of nitrogens with zero attached hydrogens (tertiary/aromatic N) is 3. The SMILES string of the molecule is COc1ccc(N(Cc2ccccc2)C(=O)CCCN2C(=O)c3ccccc3N3C(=O)CCC23C)cc1. The molecule has 0 spiro atoms. The summed E-state index contributed by atoms with van der Waals surface area (Å²) in [5.41, 5.74) is 2.31. The van der Waals surface area contributed by atoms with Gasteiger partial charge in [0.1, 0.15) is 11.4 Å². The Morgan fingerprint density at radius 2 is 1.68 bits per heavy atom. The van der Waals surface area contributed by atoms with Crippen LogP contribution in [0.15, 0.2) is 78.9 Å². The molecule has 0 saturated carbocycles. The molecule has 3 amide bonds. The number of carbonyl (C=O) groups is 3. The van der Waals surface area contributed by atoms with Crippen molar-refractivity contribution in [2.75, 3.05) is 23.5 Å². The number of hydrogen-bond donors (Lipinski definition) is 0. The van der Waals surface area contributed by atoms with Gasteiger partial charge in [-0.15, -0.1) is 0 Å². The molecule has 7 heteroatoms. The van der Waals surface area contributed by atoms with Crippen molar-refractivity contribution in [1.29, 1.82) is 0 Å². The van der Waals surface area contributed by atoms with Crippen molar-refractivity contribution in [2.24, 2.45) is 0 Å². The first-order valence-electron chi connectivity index (χ1n) is 12.6. The molecule has 1 atom stereocenters. The number of fused-ring (bicyclic) bond motifs is 3. The fourth-order valence-corrected chi connectivity index (χ4v) is 5.42. The average Bonchev–Trinajstić information content (AvgIpc) is 3.24. The molecule has 7 nitrogen and oxygen atoms in total. The largest absolute Gasteiger partial charge is 0.497 e. The molecule has 0 aromatic heterocycles. The van der Waals surface area contributed by atoms with E-state index in [4.69, 9.17) is 4.74 Å². The summed E-state index contributed by atoms with van der Waals surface area (Å²) in [7, 11) is 1.61. The lowest BCUT2D eigenvalue weighted by molar-refractivity contribution is -0.119. The van der Waals surface area contributed by atoms with E-state index in [2.05, 4.69) is 0 Å². The number of hydrogen-bond acceptors (Lipinski definition) is 4. The van der Waals surface area contributed by atoms with Crippen LogP contribution < -0.4 is 14.5 Å². The Labute approximate surface area is 217 Å². The molecule has 3 aromatic carbocycles. The van der Waals surface area contributed by atoms with Gasteiger partial charge in [-0.3, -0.25) is 19.3 Å². The minimum Gasteiger partial charge on any atom is -0.497 e. The summed E-state index contributed by atoms with van der Waals surface area (Å²) in [6.45, 7) is 2.79. The molecule has 0 radical (unpaired) electrons. The molecule has 2 aliphatic heterocycles. The van der Waals surface area contributed by atoms with Crippen LogP contribution in [-0.2, 0) is 16.1 Å². The molecule has 0 aliphatic carbocycles. The second-order valence-electron chi connectivity index (χ2n) is 9.69. The van der Waals surface area contributed by atoms with E-state index in [0.717, 1.165) is 17.0 Å². The lowest BCUT2D eigenvalue weighted by Crippen LogP contribution is -2.62.